The molecule has 106 valence electrons. The van der Waals surface area contributed by atoms with Gasteiger partial charge >= 0.3 is 5.97 Å². The summed E-state index contributed by atoms with van der Waals surface area (Å²) in [7, 11) is 2.04. The van der Waals surface area contributed by atoms with Gasteiger partial charge < -0.3 is 20.6 Å². The molecule has 0 saturated carbocycles. The Morgan fingerprint density at radius 3 is 2.56 bits per heavy atom. The highest BCUT2D eigenvalue weighted by Crippen LogP contribution is 2.14. The van der Waals surface area contributed by atoms with E-state index in [4.69, 9.17) is 10.8 Å². The molecule has 0 aromatic carbocycles. The molecule has 3 N–H and O–H groups in total. The number of hydrogen-bond donors (Lipinski definition) is 2. The lowest BCUT2D eigenvalue weighted by atomic mass is 9.94. The maximum Gasteiger partial charge on any atom is 0.323 e. The Kier molecular flexibility index (Phi) is 5.56. The van der Waals surface area contributed by atoms with Crippen molar-refractivity contribution in [3.8, 4) is 0 Å². The standard InChI is InChI=1S/C13H27N3O2/c1-11(10-13(2,14)12(17)18)15(3)8-9-16-6-4-5-7-16/h11H,4-10,14H2,1-3H3,(H,17,18). The van der Waals surface area contributed by atoms with Gasteiger partial charge in [0.05, 0.1) is 0 Å². The lowest BCUT2D eigenvalue weighted by molar-refractivity contribution is -0.143. The predicted octanol–water partition coefficient (Wildman–Crippen LogP) is 0.595. The predicted molar refractivity (Wildman–Crippen MR) is 72.6 cm³/mol. The fourth-order valence-electron chi connectivity index (χ4n) is 2.38. The molecular formula is C13H27N3O2. The van der Waals surface area contributed by atoms with Crippen molar-refractivity contribution in [2.75, 3.05) is 33.2 Å². The fourth-order valence-corrected chi connectivity index (χ4v) is 2.38. The topological polar surface area (TPSA) is 69.8 Å². The van der Waals surface area contributed by atoms with Crippen LogP contribution in [0.2, 0.25) is 0 Å². The number of aliphatic carboxylic acids is 1. The Hall–Kier alpha value is -0.650. The van der Waals surface area contributed by atoms with Crippen molar-refractivity contribution in [2.24, 2.45) is 5.73 Å². The van der Waals surface area contributed by atoms with Crippen LogP contribution in [0.1, 0.15) is 33.1 Å². The molecule has 1 rings (SSSR count). The first-order valence-corrected chi connectivity index (χ1v) is 6.78. The lowest BCUT2D eigenvalue weighted by Gasteiger charge is -2.31. The van der Waals surface area contributed by atoms with Gasteiger partial charge in [-0.3, -0.25) is 4.79 Å². The summed E-state index contributed by atoms with van der Waals surface area (Å²) in [5.74, 6) is -0.928. The molecule has 5 nitrogen and oxygen atoms in total. The van der Waals surface area contributed by atoms with Gasteiger partial charge in [0.1, 0.15) is 5.54 Å². The monoisotopic (exact) mass is 257 g/mol. The molecular weight excluding hydrogens is 230 g/mol. The number of nitrogens with two attached hydrogens (primary N) is 1. The Morgan fingerprint density at radius 2 is 2.06 bits per heavy atom. The molecule has 0 amide bonds. The fraction of sp³-hybridized carbons (Fsp3) is 0.923. The van der Waals surface area contributed by atoms with Crippen LogP contribution in [-0.2, 0) is 4.79 Å². The van der Waals surface area contributed by atoms with Gasteiger partial charge in [0, 0.05) is 19.1 Å². The Bertz CT molecular complexity index is 275. The molecule has 1 heterocycles. The molecule has 0 aliphatic carbocycles. The van der Waals surface area contributed by atoms with Crippen LogP contribution in [0.3, 0.4) is 0 Å². The van der Waals surface area contributed by atoms with E-state index in [-0.39, 0.29) is 6.04 Å². The van der Waals surface area contributed by atoms with Crippen LogP contribution in [0, 0.1) is 0 Å². The molecule has 0 radical (unpaired) electrons. The summed E-state index contributed by atoms with van der Waals surface area (Å²) < 4.78 is 0. The zero-order valence-corrected chi connectivity index (χ0v) is 11.9. The summed E-state index contributed by atoms with van der Waals surface area (Å²) in [5.41, 5.74) is 4.64. The van der Waals surface area contributed by atoms with Crippen LogP contribution >= 0.6 is 0 Å². The summed E-state index contributed by atoms with van der Waals surface area (Å²) in [6.45, 7) is 8.06. The molecule has 0 bridgehead atoms. The number of rotatable bonds is 7. The van der Waals surface area contributed by atoms with Gasteiger partial charge in [-0.15, -0.1) is 0 Å². The first kappa shape index (κ1) is 15.4. The van der Waals surface area contributed by atoms with Crippen LogP contribution in [0.4, 0.5) is 0 Å². The number of likely N-dealkylation sites (tertiary alicyclic amines) is 1. The number of carboxylic acids is 1. The summed E-state index contributed by atoms with van der Waals surface area (Å²) >= 11 is 0. The van der Waals surface area contributed by atoms with E-state index in [0.717, 1.165) is 13.1 Å². The molecule has 0 spiro atoms. The molecule has 5 heteroatoms. The molecule has 18 heavy (non-hydrogen) atoms. The molecule has 1 saturated heterocycles. The van der Waals surface area contributed by atoms with Gasteiger partial charge in [0.25, 0.3) is 0 Å². The number of nitrogens with zero attached hydrogens (tertiary/aromatic N) is 2. The number of carbonyl (C=O) groups is 1. The zero-order valence-electron chi connectivity index (χ0n) is 11.9. The average molecular weight is 257 g/mol. The SMILES string of the molecule is CC(CC(C)(N)C(=O)O)N(C)CCN1CCCC1. The third kappa shape index (κ3) is 4.55. The van der Waals surface area contributed by atoms with Crippen LogP contribution in [0.15, 0.2) is 0 Å². The van der Waals surface area contributed by atoms with Crippen molar-refractivity contribution in [1.29, 1.82) is 0 Å². The van der Waals surface area contributed by atoms with E-state index in [0.29, 0.717) is 6.42 Å². The summed E-state index contributed by atoms with van der Waals surface area (Å²) in [4.78, 5) is 15.7. The quantitative estimate of drug-likeness (QED) is 0.699. The van der Waals surface area contributed by atoms with Crippen molar-refractivity contribution in [2.45, 2.75) is 44.7 Å². The molecule has 0 aromatic heterocycles. The van der Waals surface area contributed by atoms with Crippen molar-refractivity contribution in [3.05, 3.63) is 0 Å². The van der Waals surface area contributed by atoms with E-state index in [1.54, 1.807) is 6.92 Å². The highest BCUT2D eigenvalue weighted by Gasteiger charge is 2.31. The smallest absolute Gasteiger partial charge is 0.323 e. The molecule has 0 aromatic rings. The van der Waals surface area contributed by atoms with E-state index in [1.165, 1.54) is 25.9 Å². The number of hydrogen-bond acceptors (Lipinski definition) is 4. The van der Waals surface area contributed by atoms with Crippen molar-refractivity contribution in [1.82, 2.24) is 9.80 Å². The maximum atomic E-state index is 11.0. The van der Waals surface area contributed by atoms with Crippen molar-refractivity contribution >= 4 is 5.97 Å². The summed E-state index contributed by atoms with van der Waals surface area (Å²) in [6, 6.07) is 0.179. The van der Waals surface area contributed by atoms with E-state index in [1.807, 2.05) is 14.0 Å². The summed E-state index contributed by atoms with van der Waals surface area (Å²) in [5, 5.41) is 9.02. The van der Waals surface area contributed by atoms with E-state index >= 15 is 0 Å². The average Bonchev–Trinajstić information content (AvgIpc) is 2.77. The van der Waals surface area contributed by atoms with E-state index in [2.05, 4.69) is 9.80 Å². The molecule has 2 unspecified atom stereocenters. The zero-order chi connectivity index (χ0) is 13.8. The highest BCUT2D eigenvalue weighted by molar-refractivity contribution is 5.77. The van der Waals surface area contributed by atoms with Crippen molar-refractivity contribution in [3.63, 3.8) is 0 Å². The van der Waals surface area contributed by atoms with Crippen LogP contribution in [0.5, 0.6) is 0 Å². The van der Waals surface area contributed by atoms with Gasteiger partial charge in [-0.05, 0) is 53.2 Å². The van der Waals surface area contributed by atoms with Gasteiger partial charge in [0.15, 0.2) is 0 Å². The minimum Gasteiger partial charge on any atom is -0.480 e. The minimum absolute atomic E-state index is 0.179. The van der Waals surface area contributed by atoms with Crippen LogP contribution < -0.4 is 5.73 Å². The Balaban J connectivity index is 2.31. The van der Waals surface area contributed by atoms with Crippen molar-refractivity contribution < 1.29 is 9.90 Å². The number of carboxylic acid groups (broad SMARTS) is 1. The third-order valence-corrected chi connectivity index (χ3v) is 3.93. The first-order chi connectivity index (χ1) is 8.33. The van der Waals surface area contributed by atoms with Gasteiger partial charge in [-0.25, -0.2) is 0 Å². The highest BCUT2D eigenvalue weighted by atomic mass is 16.4. The first-order valence-electron chi connectivity index (χ1n) is 6.78. The van der Waals surface area contributed by atoms with Crippen LogP contribution in [0.25, 0.3) is 0 Å². The largest absolute Gasteiger partial charge is 0.480 e. The van der Waals surface area contributed by atoms with Gasteiger partial charge in [-0.2, -0.15) is 0 Å². The second kappa shape index (κ2) is 6.50. The molecule has 2 atom stereocenters. The second-order valence-electron chi connectivity index (χ2n) is 5.81. The van der Waals surface area contributed by atoms with E-state index in [9.17, 15) is 4.79 Å². The summed E-state index contributed by atoms with van der Waals surface area (Å²) in [6.07, 6.45) is 3.08. The number of likely N-dealkylation sites (N-methyl/N-ethyl adjacent to an activating group) is 1. The third-order valence-electron chi connectivity index (χ3n) is 3.93. The Morgan fingerprint density at radius 1 is 1.50 bits per heavy atom. The minimum atomic E-state index is -1.14. The lowest BCUT2D eigenvalue weighted by Crippen LogP contribution is -2.50. The molecule has 1 fully saturated rings. The molecule has 1 aliphatic heterocycles. The van der Waals surface area contributed by atoms with Crippen LogP contribution in [-0.4, -0.2) is 65.7 Å². The van der Waals surface area contributed by atoms with Gasteiger partial charge in [-0.1, -0.05) is 0 Å². The Labute approximate surface area is 110 Å². The van der Waals surface area contributed by atoms with Gasteiger partial charge in [0.2, 0.25) is 0 Å². The second-order valence-corrected chi connectivity index (χ2v) is 5.81. The normalized spacial score (nSPS) is 22.1. The maximum absolute atomic E-state index is 11.0. The van der Waals surface area contributed by atoms with E-state index < -0.39 is 11.5 Å². The molecule has 1 aliphatic rings.